The van der Waals surface area contributed by atoms with Crippen molar-refractivity contribution < 1.29 is 4.79 Å². The third-order valence-electron chi connectivity index (χ3n) is 2.82. The van der Waals surface area contributed by atoms with Gasteiger partial charge in [0.05, 0.1) is 16.8 Å². The molecule has 2 N–H and O–H groups in total. The summed E-state index contributed by atoms with van der Waals surface area (Å²) in [5, 5.41) is 4.19. The SMILES string of the molecule is O=C(CSc1nc2ccc(Cl)cc2[nH]1)Nc1ccccc1. The van der Waals surface area contributed by atoms with Crippen molar-refractivity contribution in [3.8, 4) is 0 Å². The number of aromatic amines is 1. The van der Waals surface area contributed by atoms with Crippen LogP contribution in [0, 0.1) is 0 Å². The first-order chi connectivity index (χ1) is 10.2. The normalized spacial score (nSPS) is 10.7. The molecule has 106 valence electrons. The molecule has 1 amide bonds. The fraction of sp³-hybridized carbons (Fsp3) is 0.0667. The van der Waals surface area contributed by atoms with Crippen LogP contribution in [0.25, 0.3) is 11.0 Å². The van der Waals surface area contributed by atoms with E-state index in [1.807, 2.05) is 42.5 Å². The molecule has 0 aliphatic heterocycles. The van der Waals surface area contributed by atoms with Crippen LogP contribution in [-0.4, -0.2) is 21.6 Å². The first kappa shape index (κ1) is 14.0. The summed E-state index contributed by atoms with van der Waals surface area (Å²) in [7, 11) is 0. The van der Waals surface area contributed by atoms with Gasteiger partial charge in [-0.15, -0.1) is 0 Å². The van der Waals surface area contributed by atoms with Gasteiger partial charge >= 0.3 is 0 Å². The van der Waals surface area contributed by atoms with Gasteiger partial charge < -0.3 is 10.3 Å². The Balaban J connectivity index is 1.62. The third-order valence-corrected chi connectivity index (χ3v) is 3.93. The van der Waals surface area contributed by atoms with E-state index in [1.165, 1.54) is 11.8 Å². The lowest BCUT2D eigenvalue weighted by atomic mass is 10.3. The number of thioether (sulfide) groups is 1. The fourth-order valence-corrected chi connectivity index (χ4v) is 2.74. The predicted octanol–water partition coefficient (Wildman–Crippen LogP) is 3.95. The zero-order valence-electron chi connectivity index (χ0n) is 11.0. The summed E-state index contributed by atoms with van der Waals surface area (Å²) in [4.78, 5) is 19.4. The van der Waals surface area contributed by atoms with Gasteiger partial charge in [-0.1, -0.05) is 41.6 Å². The molecule has 2 aromatic carbocycles. The lowest BCUT2D eigenvalue weighted by molar-refractivity contribution is -0.113. The van der Waals surface area contributed by atoms with Crippen LogP contribution in [0.5, 0.6) is 0 Å². The van der Waals surface area contributed by atoms with Gasteiger partial charge in [0.2, 0.25) is 5.91 Å². The van der Waals surface area contributed by atoms with Crippen LogP contribution in [0.2, 0.25) is 5.02 Å². The number of imidazole rings is 1. The topological polar surface area (TPSA) is 57.8 Å². The highest BCUT2D eigenvalue weighted by atomic mass is 35.5. The van der Waals surface area contributed by atoms with Crippen molar-refractivity contribution in [3.05, 3.63) is 53.6 Å². The summed E-state index contributed by atoms with van der Waals surface area (Å²) >= 11 is 7.28. The Labute approximate surface area is 130 Å². The molecule has 6 heteroatoms. The van der Waals surface area contributed by atoms with Gasteiger partial charge in [-0.2, -0.15) is 0 Å². The lowest BCUT2D eigenvalue weighted by Gasteiger charge is -2.03. The Kier molecular flexibility index (Phi) is 4.13. The second kappa shape index (κ2) is 6.20. The van der Waals surface area contributed by atoms with E-state index < -0.39 is 0 Å². The number of hydrogen-bond acceptors (Lipinski definition) is 3. The monoisotopic (exact) mass is 317 g/mol. The zero-order chi connectivity index (χ0) is 14.7. The molecule has 1 aromatic heterocycles. The van der Waals surface area contributed by atoms with Crippen LogP contribution in [-0.2, 0) is 4.79 Å². The fourth-order valence-electron chi connectivity index (χ4n) is 1.88. The van der Waals surface area contributed by atoms with Crippen molar-refractivity contribution in [2.75, 3.05) is 11.1 Å². The van der Waals surface area contributed by atoms with Crippen molar-refractivity contribution in [1.82, 2.24) is 9.97 Å². The number of rotatable bonds is 4. The minimum Gasteiger partial charge on any atom is -0.333 e. The molecular weight excluding hydrogens is 306 g/mol. The molecule has 0 saturated heterocycles. The lowest BCUT2D eigenvalue weighted by Crippen LogP contribution is -2.13. The van der Waals surface area contributed by atoms with Crippen molar-refractivity contribution in [1.29, 1.82) is 0 Å². The molecule has 4 nitrogen and oxygen atoms in total. The molecule has 0 atom stereocenters. The minimum atomic E-state index is -0.0651. The maximum Gasteiger partial charge on any atom is 0.234 e. The van der Waals surface area contributed by atoms with Crippen LogP contribution < -0.4 is 5.32 Å². The molecule has 0 saturated carbocycles. The number of benzene rings is 2. The summed E-state index contributed by atoms with van der Waals surface area (Å²) in [6.07, 6.45) is 0. The van der Waals surface area contributed by atoms with Gasteiger partial charge in [-0.05, 0) is 30.3 Å². The van der Waals surface area contributed by atoms with Gasteiger partial charge in [-0.3, -0.25) is 4.79 Å². The quantitative estimate of drug-likeness (QED) is 0.716. The molecule has 0 unspecified atom stereocenters. The minimum absolute atomic E-state index is 0.0651. The molecule has 0 radical (unpaired) electrons. The first-order valence-electron chi connectivity index (χ1n) is 6.34. The van der Waals surface area contributed by atoms with Crippen LogP contribution in [0.3, 0.4) is 0 Å². The summed E-state index contributed by atoms with van der Waals surface area (Å²) in [6.45, 7) is 0. The number of anilines is 1. The van der Waals surface area contributed by atoms with Crippen LogP contribution in [0.15, 0.2) is 53.7 Å². The Morgan fingerprint density at radius 3 is 2.86 bits per heavy atom. The van der Waals surface area contributed by atoms with E-state index in [-0.39, 0.29) is 5.91 Å². The smallest absolute Gasteiger partial charge is 0.234 e. The molecule has 0 spiro atoms. The van der Waals surface area contributed by atoms with Crippen molar-refractivity contribution in [2.45, 2.75) is 5.16 Å². The van der Waals surface area contributed by atoms with E-state index in [0.717, 1.165) is 16.7 Å². The van der Waals surface area contributed by atoms with E-state index in [0.29, 0.717) is 15.9 Å². The average Bonchev–Trinajstić information content (AvgIpc) is 2.88. The molecule has 3 rings (SSSR count). The third kappa shape index (κ3) is 3.56. The highest BCUT2D eigenvalue weighted by molar-refractivity contribution is 7.99. The average molecular weight is 318 g/mol. The Morgan fingerprint density at radius 1 is 1.24 bits per heavy atom. The van der Waals surface area contributed by atoms with Crippen molar-refractivity contribution in [3.63, 3.8) is 0 Å². The van der Waals surface area contributed by atoms with Crippen LogP contribution >= 0.6 is 23.4 Å². The number of carbonyl (C=O) groups excluding carboxylic acids is 1. The van der Waals surface area contributed by atoms with Gasteiger partial charge in [-0.25, -0.2) is 4.98 Å². The van der Waals surface area contributed by atoms with Gasteiger partial charge in [0, 0.05) is 10.7 Å². The number of aromatic nitrogens is 2. The second-order valence-corrected chi connectivity index (χ2v) is 5.81. The van der Waals surface area contributed by atoms with Crippen molar-refractivity contribution in [2.24, 2.45) is 0 Å². The van der Waals surface area contributed by atoms with Gasteiger partial charge in [0.1, 0.15) is 0 Å². The number of H-pyrrole nitrogens is 1. The molecule has 3 aromatic rings. The number of carbonyl (C=O) groups is 1. The maximum atomic E-state index is 11.9. The number of para-hydroxylation sites is 1. The van der Waals surface area contributed by atoms with E-state index >= 15 is 0 Å². The standard InChI is InChI=1S/C15H12ClN3OS/c16-10-6-7-12-13(8-10)19-15(18-12)21-9-14(20)17-11-4-2-1-3-5-11/h1-8H,9H2,(H,17,20)(H,18,19). The van der Waals surface area contributed by atoms with Gasteiger partial charge in [0.15, 0.2) is 5.16 Å². The van der Waals surface area contributed by atoms with E-state index in [4.69, 9.17) is 11.6 Å². The number of fused-ring (bicyclic) bond motifs is 1. The Hall–Kier alpha value is -1.98. The molecule has 0 aliphatic rings. The molecule has 21 heavy (non-hydrogen) atoms. The highest BCUT2D eigenvalue weighted by Crippen LogP contribution is 2.22. The van der Waals surface area contributed by atoms with Crippen LogP contribution in [0.4, 0.5) is 5.69 Å². The predicted molar refractivity (Wildman–Crippen MR) is 86.9 cm³/mol. The van der Waals surface area contributed by atoms with E-state index in [1.54, 1.807) is 6.07 Å². The number of nitrogens with one attached hydrogen (secondary N) is 2. The number of halogens is 1. The summed E-state index contributed by atoms with van der Waals surface area (Å²) < 4.78 is 0. The zero-order valence-corrected chi connectivity index (χ0v) is 12.5. The molecule has 0 fully saturated rings. The Bertz CT molecular complexity index is 773. The van der Waals surface area contributed by atoms with Crippen molar-refractivity contribution >= 4 is 46.0 Å². The largest absolute Gasteiger partial charge is 0.333 e. The molecule has 0 bridgehead atoms. The summed E-state index contributed by atoms with van der Waals surface area (Å²) in [5.74, 6) is 0.229. The summed E-state index contributed by atoms with van der Waals surface area (Å²) in [5.41, 5.74) is 2.50. The van der Waals surface area contributed by atoms with E-state index in [2.05, 4.69) is 15.3 Å². The number of amides is 1. The maximum absolute atomic E-state index is 11.9. The van der Waals surface area contributed by atoms with Gasteiger partial charge in [0.25, 0.3) is 0 Å². The number of nitrogens with zero attached hydrogens (tertiary/aromatic N) is 1. The second-order valence-electron chi connectivity index (χ2n) is 4.41. The molecular formula is C15H12ClN3OS. The summed E-state index contributed by atoms with van der Waals surface area (Å²) in [6, 6.07) is 14.8. The molecule has 0 aliphatic carbocycles. The van der Waals surface area contributed by atoms with E-state index in [9.17, 15) is 4.79 Å². The Morgan fingerprint density at radius 2 is 2.05 bits per heavy atom. The highest BCUT2D eigenvalue weighted by Gasteiger charge is 2.07. The molecule has 1 heterocycles. The number of hydrogen-bond donors (Lipinski definition) is 2. The first-order valence-corrected chi connectivity index (χ1v) is 7.70. The van der Waals surface area contributed by atoms with Crippen LogP contribution in [0.1, 0.15) is 0 Å².